The second kappa shape index (κ2) is 8.81. The number of hydrogen-bond donors (Lipinski definition) is 2. The van der Waals surface area contributed by atoms with Crippen molar-refractivity contribution in [3.05, 3.63) is 29.3 Å². The van der Waals surface area contributed by atoms with E-state index in [-0.39, 0.29) is 0 Å². The third kappa shape index (κ3) is 6.48. The lowest BCUT2D eigenvalue weighted by Crippen LogP contribution is -2.29. The summed E-state index contributed by atoms with van der Waals surface area (Å²) in [7, 11) is 0. The Kier molecular flexibility index (Phi) is 7.34. The van der Waals surface area contributed by atoms with Crippen molar-refractivity contribution in [1.29, 1.82) is 0 Å². The molecule has 0 aromatic heterocycles. The standard InChI is InChI=1S/C15H22ClNO2/c1-2-3-4-5-6-10-14(15(18)19)17-13-9-7-8-12(16)11-13/h7-9,11,14,17H,2-6,10H2,1H3,(H,18,19). The van der Waals surface area contributed by atoms with Crippen molar-refractivity contribution in [2.75, 3.05) is 5.32 Å². The fourth-order valence-corrected chi connectivity index (χ4v) is 2.18. The number of benzene rings is 1. The van der Waals surface area contributed by atoms with E-state index in [0.717, 1.165) is 18.5 Å². The lowest BCUT2D eigenvalue weighted by atomic mass is 10.1. The Labute approximate surface area is 120 Å². The minimum Gasteiger partial charge on any atom is -0.480 e. The number of aliphatic carboxylic acids is 1. The Morgan fingerprint density at radius 2 is 2.05 bits per heavy atom. The number of carbonyl (C=O) groups is 1. The zero-order valence-corrected chi connectivity index (χ0v) is 12.1. The summed E-state index contributed by atoms with van der Waals surface area (Å²) < 4.78 is 0. The Balaban J connectivity index is 2.42. The van der Waals surface area contributed by atoms with Crippen LogP contribution in [0.15, 0.2) is 24.3 Å². The summed E-state index contributed by atoms with van der Waals surface area (Å²) >= 11 is 5.88. The maximum absolute atomic E-state index is 11.2. The van der Waals surface area contributed by atoms with E-state index >= 15 is 0 Å². The van der Waals surface area contributed by atoms with E-state index < -0.39 is 12.0 Å². The zero-order chi connectivity index (χ0) is 14.1. The first-order chi connectivity index (χ1) is 9.13. The van der Waals surface area contributed by atoms with E-state index in [9.17, 15) is 9.90 Å². The van der Waals surface area contributed by atoms with E-state index in [2.05, 4.69) is 12.2 Å². The van der Waals surface area contributed by atoms with Gasteiger partial charge in [0.1, 0.15) is 6.04 Å². The molecule has 0 saturated carbocycles. The Bertz CT molecular complexity index is 395. The summed E-state index contributed by atoms with van der Waals surface area (Å²) in [4.78, 5) is 11.2. The average molecular weight is 284 g/mol. The number of halogens is 1. The molecule has 0 saturated heterocycles. The summed E-state index contributed by atoms with van der Waals surface area (Å²) in [6, 6.07) is 6.62. The van der Waals surface area contributed by atoms with Gasteiger partial charge in [0.2, 0.25) is 0 Å². The molecular weight excluding hydrogens is 262 g/mol. The van der Waals surface area contributed by atoms with Crippen molar-refractivity contribution < 1.29 is 9.90 Å². The molecule has 0 bridgehead atoms. The van der Waals surface area contributed by atoms with Crippen LogP contribution in [0.5, 0.6) is 0 Å². The van der Waals surface area contributed by atoms with Gasteiger partial charge in [-0.05, 0) is 24.6 Å². The molecule has 0 amide bonds. The molecule has 2 N–H and O–H groups in total. The van der Waals surface area contributed by atoms with Gasteiger partial charge in [0.05, 0.1) is 0 Å². The highest BCUT2D eigenvalue weighted by Gasteiger charge is 2.16. The molecule has 0 radical (unpaired) electrons. The van der Waals surface area contributed by atoms with Gasteiger partial charge in [-0.15, -0.1) is 0 Å². The number of carboxylic acids is 1. The summed E-state index contributed by atoms with van der Waals surface area (Å²) in [6.07, 6.45) is 6.27. The van der Waals surface area contributed by atoms with E-state index in [4.69, 9.17) is 11.6 Å². The molecule has 106 valence electrons. The number of anilines is 1. The molecule has 3 nitrogen and oxygen atoms in total. The molecule has 0 spiro atoms. The van der Waals surface area contributed by atoms with E-state index in [1.165, 1.54) is 19.3 Å². The molecule has 1 unspecified atom stereocenters. The van der Waals surface area contributed by atoms with E-state index in [1.807, 2.05) is 12.1 Å². The van der Waals surface area contributed by atoms with Gasteiger partial charge in [-0.2, -0.15) is 0 Å². The summed E-state index contributed by atoms with van der Waals surface area (Å²) in [5, 5.41) is 12.8. The van der Waals surface area contributed by atoms with Crippen molar-refractivity contribution in [2.24, 2.45) is 0 Å². The molecular formula is C15H22ClNO2. The van der Waals surface area contributed by atoms with Crippen LogP contribution in [0.25, 0.3) is 0 Å². The Morgan fingerprint density at radius 1 is 1.32 bits per heavy atom. The predicted molar refractivity (Wildman–Crippen MR) is 79.9 cm³/mol. The van der Waals surface area contributed by atoms with Gasteiger partial charge in [0, 0.05) is 10.7 Å². The van der Waals surface area contributed by atoms with Crippen LogP contribution in [0.1, 0.15) is 45.4 Å². The molecule has 0 heterocycles. The van der Waals surface area contributed by atoms with Gasteiger partial charge in [-0.3, -0.25) is 0 Å². The minimum absolute atomic E-state index is 0.542. The van der Waals surface area contributed by atoms with Gasteiger partial charge < -0.3 is 10.4 Å². The number of carboxylic acid groups (broad SMARTS) is 1. The van der Waals surface area contributed by atoms with Crippen molar-refractivity contribution in [1.82, 2.24) is 0 Å². The van der Waals surface area contributed by atoms with Gasteiger partial charge in [-0.1, -0.05) is 56.7 Å². The number of rotatable bonds is 9. The van der Waals surface area contributed by atoms with Crippen LogP contribution in [0.4, 0.5) is 5.69 Å². The van der Waals surface area contributed by atoms with Gasteiger partial charge >= 0.3 is 5.97 Å². The lowest BCUT2D eigenvalue weighted by molar-refractivity contribution is -0.138. The second-order valence-electron chi connectivity index (χ2n) is 4.75. The van der Waals surface area contributed by atoms with Crippen LogP contribution in [0, 0.1) is 0 Å². The van der Waals surface area contributed by atoms with E-state index in [0.29, 0.717) is 11.4 Å². The van der Waals surface area contributed by atoms with Crippen molar-refractivity contribution in [3.63, 3.8) is 0 Å². The van der Waals surface area contributed by atoms with E-state index in [1.54, 1.807) is 12.1 Å². The SMILES string of the molecule is CCCCCCCC(Nc1cccc(Cl)c1)C(=O)O. The van der Waals surface area contributed by atoms with Crippen LogP contribution < -0.4 is 5.32 Å². The fraction of sp³-hybridized carbons (Fsp3) is 0.533. The monoisotopic (exact) mass is 283 g/mol. The van der Waals surface area contributed by atoms with Crippen LogP contribution in [0.2, 0.25) is 5.02 Å². The first-order valence-electron chi connectivity index (χ1n) is 6.88. The summed E-state index contributed by atoms with van der Waals surface area (Å²) in [6.45, 7) is 2.17. The van der Waals surface area contributed by atoms with Crippen molar-refractivity contribution in [2.45, 2.75) is 51.5 Å². The number of hydrogen-bond acceptors (Lipinski definition) is 2. The third-order valence-electron chi connectivity index (χ3n) is 3.06. The van der Waals surface area contributed by atoms with Crippen LogP contribution in [-0.2, 0) is 4.79 Å². The molecule has 4 heteroatoms. The number of nitrogens with one attached hydrogen (secondary N) is 1. The van der Waals surface area contributed by atoms with Crippen LogP contribution >= 0.6 is 11.6 Å². The normalized spacial score (nSPS) is 12.1. The molecule has 0 aliphatic rings. The smallest absolute Gasteiger partial charge is 0.326 e. The molecule has 1 atom stereocenters. The van der Waals surface area contributed by atoms with Gasteiger partial charge in [0.25, 0.3) is 0 Å². The van der Waals surface area contributed by atoms with Crippen molar-refractivity contribution >= 4 is 23.3 Å². The predicted octanol–water partition coefficient (Wildman–Crippen LogP) is 4.57. The largest absolute Gasteiger partial charge is 0.480 e. The van der Waals surface area contributed by atoms with Crippen LogP contribution in [-0.4, -0.2) is 17.1 Å². The maximum Gasteiger partial charge on any atom is 0.326 e. The molecule has 1 aromatic carbocycles. The van der Waals surface area contributed by atoms with Crippen molar-refractivity contribution in [3.8, 4) is 0 Å². The first kappa shape index (κ1) is 15.8. The quantitative estimate of drug-likeness (QED) is 0.653. The lowest BCUT2D eigenvalue weighted by Gasteiger charge is -2.15. The highest BCUT2D eigenvalue weighted by molar-refractivity contribution is 6.30. The molecule has 0 aliphatic carbocycles. The summed E-state index contributed by atoms with van der Waals surface area (Å²) in [5.74, 6) is -0.810. The minimum atomic E-state index is -0.810. The average Bonchev–Trinajstić information content (AvgIpc) is 2.37. The molecule has 1 rings (SSSR count). The fourth-order valence-electron chi connectivity index (χ4n) is 1.99. The second-order valence-corrected chi connectivity index (χ2v) is 5.18. The Hall–Kier alpha value is -1.22. The Morgan fingerprint density at radius 3 is 2.68 bits per heavy atom. The topological polar surface area (TPSA) is 49.3 Å². The molecule has 19 heavy (non-hydrogen) atoms. The van der Waals surface area contributed by atoms with Gasteiger partial charge in [0.15, 0.2) is 0 Å². The third-order valence-corrected chi connectivity index (χ3v) is 3.30. The summed E-state index contributed by atoms with van der Waals surface area (Å²) in [5.41, 5.74) is 0.758. The maximum atomic E-state index is 11.2. The number of unbranched alkanes of at least 4 members (excludes halogenated alkanes) is 4. The highest BCUT2D eigenvalue weighted by atomic mass is 35.5. The molecule has 1 aromatic rings. The van der Waals surface area contributed by atoms with Gasteiger partial charge in [-0.25, -0.2) is 4.79 Å². The zero-order valence-electron chi connectivity index (χ0n) is 11.4. The highest BCUT2D eigenvalue weighted by Crippen LogP contribution is 2.17. The molecule has 0 aliphatic heterocycles. The first-order valence-corrected chi connectivity index (χ1v) is 7.26. The van der Waals surface area contributed by atoms with Crippen LogP contribution in [0.3, 0.4) is 0 Å². The molecule has 0 fully saturated rings.